The highest BCUT2D eigenvalue weighted by atomic mass is 16.1. The van der Waals surface area contributed by atoms with Gasteiger partial charge in [-0.2, -0.15) is 0 Å². The van der Waals surface area contributed by atoms with Gasteiger partial charge in [0.05, 0.1) is 21.1 Å². The number of hydrogen-bond acceptors (Lipinski definition) is 1. The maximum atomic E-state index is 11.4. The number of quaternary nitrogens is 1. The minimum atomic E-state index is 0.164. The third-order valence-electron chi connectivity index (χ3n) is 2.15. The zero-order valence-electron chi connectivity index (χ0n) is 11.3. The van der Waals surface area contributed by atoms with Crippen LogP contribution < -0.4 is 5.32 Å². The number of amides is 1. The Morgan fingerprint density at radius 1 is 1.19 bits per heavy atom. The number of unbranched alkanes of at least 4 members (excludes halogenated alkanes) is 2. The van der Waals surface area contributed by atoms with Gasteiger partial charge in [0, 0.05) is 6.42 Å². The molecular weight excluding hydrogens is 200 g/mol. The molecule has 0 fully saturated rings. The van der Waals surface area contributed by atoms with Gasteiger partial charge in [-0.3, -0.25) is 4.79 Å². The van der Waals surface area contributed by atoms with Crippen molar-refractivity contribution in [3.05, 3.63) is 12.2 Å². The Morgan fingerprint density at radius 3 is 2.38 bits per heavy atom. The molecular formula is C13H27N2O+. The molecule has 0 saturated heterocycles. The molecule has 1 N–H and O–H groups in total. The summed E-state index contributed by atoms with van der Waals surface area (Å²) in [6, 6.07) is 0. The molecule has 0 heterocycles. The molecule has 0 radical (unpaired) electrons. The topological polar surface area (TPSA) is 29.1 Å². The first-order valence-electron chi connectivity index (χ1n) is 6.18. The fraction of sp³-hybridized carbons (Fsp3) is 0.769. The van der Waals surface area contributed by atoms with Crippen LogP contribution in [0.4, 0.5) is 0 Å². The van der Waals surface area contributed by atoms with Gasteiger partial charge in [-0.25, -0.2) is 0 Å². The van der Waals surface area contributed by atoms with Crippen LogP contribution in [0.2, 0.25) is 0 Å². The summed E-state index contributed by atoms with van der Waals surface area (Å²) in [5.74, 6) is 0.164. The van der Waals surface area contributed by atoms with Crippen molar-refractivity contribution in [2.24, 2.45) is 0 Å². The summed E-state index contributed by atoms with van der Waals surface area (Å²) >= 11 is 0. The Morgan fingerprint density at radius 2 is 1.81 bits per heavy atom. The van der Waals surface area contributed by atoms with E-state index in [1.54, 1.807) is 0 Å². The second kappa shape index (κ2) is 8.34. The van der Waals surface area contributed by atoms with Gasteiger partial charge in [-0.15, -0.1) is 0 Å². The van der Waals surface area contributed by atoms with Crippen molar-refractivity contribution in [1.29, 1.82) is 0 Å². The highest BCUT2D eigenvalue weighted by Crippen LogP contribution is 1.99. The second-order valence-corrected chi connectivity index (χ2v) is 5.20. The van der Waals surface area contributed by atoms with E-state index in [9.17, 15) is 4.79 Å². The predicted octanol–water partition coefficient (Wildman–Crippen LogP) is 2.29. The predicted molar refractivity (Wildman–Crippen MR) is 68.9 cm³/mol. The zero-order chi connectivity index (χ0) is 12.4. The van der Waals surface area contributed by atoms with Gasteiger partial charge in [0.25, 0.3) is 0 Å². The molecule has 3 heteroatoms. The third kappa shape index (κ3) is 11.2. The average molecular weight is 227 g/mol. The van der Waals surface area contributed by atoms with Crippen LogP contribution in [0.25, 0.3) is 0 Å². The maximum absolute atomic E-state index is 11.4. The fourth-order valence-corrected chi connectivity index (χ4v) is 1.20. The zero-order valence-corrected chi connectivity index (χ0v) is 11.3. The summed E-state index contributed by atoms with van der Waals surface area (Å²) in [6.07, 6.45) is 9.31. The minimum Gasteiger partial charge on any atom is -0.314 e. The Balaban J connectivity index is 3.44. The normalized spacial score (nSPS) is 12.0. The first kappa shape index (κ1) is 15.2. The van der Waals surface area contributed by atoms with Gasteiger partial charge in [0.1, 0.15) is 0 Å². The van der Waals surface area contributed by atoms with Crippen molar-refractivity contribution in [2.75, 3.05) is 27.8 Å². The largest absolute Gasteiger partial charge is 0.314 e. The smallest absolute Gasteiger partial charge is 0.224 e. The van der Waals surface area contributed by atoms with E-state index in [2.05, 4.69) is 45.5 Å². The number of carbonyl (C=O) groups is 1. The van der Waals surface area contributed by atoms with Crippen molar-refractivity contribution in [1.82, 2.24) is 5.32 Å². The first-order chi connectivity index (χ1) is 7.45. The highest BCUT2D eigenvalue weighted by Gasteiger charge is 2.08. The fourth-order valence-electron chi connectivity index (χ4n) is 1.20. The molecule has 0 aliphatic heterocycles. The Kier molecular flexibility index (Phi) is 7.90. The van der Waals surface area contributed by atoms with Crippen LogP contribution in [0.15, 0.2) is 12.2 Å². The van der Waals surface area contributed by atoms with Crippen LogP contribution in [-0.4, -0.2) is 38.2 Å². The summed E-state index contributed by atoms with van der Waals surface area (Å²) in [7, 11) is 6.19. The second-order valence-electron chi connectivity index (χ2n) is 5.20. The molecule has 94 valence electrons. The Bertz CT molecular complexity index is 216. The van der Waals surface area contributed by atoms with E-state index < -0.39 is 0 Å². The van der Waals surface area contributed by atoms with E-state index >= 15 is 0 Å². The van der Waals surface area contributed by atoms with E-state index in [4.69, 9.17) is 0 Å². The highest BCUT2D eigenvalue weighted by molar-refractivity contribution is 5.75. The number of carbonyl (C=O) groups excluding carboxylic acids is 1. The van der Waals surface area contributed by atoms with Gasteiger partial charge in [0.2, 0.25) is 5.91 Å². The van der Waals surface area contributed by atoms with E-state index in [0.717, 1.165) is 23.7 Å². The molecule has 0 spiro atoms. The summed E-state index contributed by atoms with van der Waals surface area (Å²) in [6.45, 7) is 2.87. The third-order valence-corrected chi connectivity index (χ3v) is 2.15. The number of nitrogens with zero attached hydrogens (tertiary/aromatic N) is 1. The van der Waals surface area contributed by atoms with Crippen LogP contribution in [0.3, 0.4) is 0 Å². The van der Waals surface area contributed by atoms with Gasteiger partial charge in [0.15, 0.2) is 6.67 Å². The molecule has 0 aromatic carbocycles. The van der Waals surface area contributed by atoms with Crippen molar-refractivity contribution in [2.45, 2.75) is 39.0 Å². The van der Waals surface area contributed by atoms with E-state index in [-0.39, 0.29) is 5.91 Å². The molecule has 0 atom stereocenters. The number of nitrogens with one attached hydrogen (secondary N) is 1. The monoisotopic (exact) mass is 227 g/mol. The number of allylic oxidation sites excluding steroid dienone is 2. The summed E-state index contributed by atoms with van der Waals surface area (Å²) in [5.41, 5.74) is 0. The van der Waals surface area contributed by atoms with Crippen LogP contribution in [-0.2, 0) is 4.79 Å². The number of rotatable bonds is 8. The van der Waals surface area contributed by atoms with E-state index in [1.165, 1.54) is 6.42 Å². The van der Waals surface area contributed by atoms with Gasteiger partial charge >= 0.3 is 0 Å². The lowest BCUT2D eigenvalue weighted by Gasteiger charge is -2.23. The molecule has 0 bridgehead atoms. The molecule has 0 aliphatic carbocycles. The first-order valence-corrected chi connectivity index (χ1v) is 6.18. The lowest BCUT2D eigenvalue weighted by atomic mass is 10.2. The van der Waals surface area contributed by atoms with Crippen LogP contribution in [0, 0.1) is 0 Å². The van der Waals surface area contributed by atoms with Crippen molar-refractivity contribution < 1.29 is 9.28 Å². The van der Waals surface area contributed by atoms with Crippen LogP contribution in [0.5, 0.6) is 0 Å². The van der Waals surface area contributed by atoms with Gasteiger partial charge in [-0.1, -0.05) is 25.5 Å². The summed E-state index contributed by atoms with van der Waals surface area (Å²) in [4.78, 5) is 11.4. The molecule has 3 nitrogen and oxygen atoms in total. The SMILES string of the molecule is CCC/C=C/CCCC(=O)NC[N+](C)(C)C. The quantitative estimate of drug-likeness (QED) is 0.293. The van der Waals surface area contributed by atoms with Crippen molar-refractivity contribution >= 4 is 5.91 Å². The Hall–Kier alpha value is -0.830. The molecule has 0 saturated carbocycles. The Labute approximate surface area is 100 Å². The molecule has 16 heavy (non-hydrogen) atoms. The number of hydrogen-bond donors (Lipinski definition) is 1. The molecule has 0 aliphatic rings. The molecule has 0 unspecified atom stereocenters. The van der Waals surface area contributed by atoms with E-state index in [0.29, 0.717) is 13.1 Å². The van der Waals surface area contributed by atoms with E-state index in [1.807, 2.05) is 0 Å². The minimum absolute atomic E-state index is 0.164. The standard InChI is InChI=1S/C13H26N2O/c1-5-6-7-8-9-10-11-13(16)14-12-15(2,3)4/h7-8H,5-6,9-12H2,1-4H3/p+1/b8-7+. The van der Waals surface area contributed by atoms with Gasteiger partial charge < -0.3 is 9.80 Å². The van der Waals surface area contributed by atoms with Gasteiger partial charge in [-0.05, 0) is 19.3 Å². The molecule has 0 rings (SSSR count). The van der Waals surface area contributed by atoms with Crippen LogP contribution >= 0.6 is 0 Å². The summed E-state index contributed by atoms with van der Waals surface area (Å²) in [5, 5.41) is 2.93. The molecule has 1 amide bonds. The summed E-state index contributed by atoms with van der Waals surface area (Å²) < 4.78 is 0.766. The lowest BCUT2D eigenvalue weighted by molar-refractivity contribution is -0.872. The molecule has 0 aromatic heterocycles. The van der Waals surface area contributed by atoms with Crippen molar-refractivity contribution in [3.63, 3.8) is 0 Å². The van der Waals surface area contributed by atoms with Crippen molar-refractivity contribution in [3.8, 4) is 0 Å². The van der Waals surface area contributed by atoms with Crippen LogP contribution in [0.1, 0.15) is 39.0 Å². The maximum Gasteiger partial charge on any atom is 0.224 e. The molecule has 0 aromatic rings. The lowest BCUT2D eigenvalue weighted by Crippen LogP contribution is -2.45. The average Bonchev–Trinajstić information content (AvgIpc) is 2.19.